The zero-order valence-electron chi connectivity index (χ0n) is 16.3. The van der Waals surface area contributed by atoms with Crippen molar-refractivity contribution in [1.29, 1.82) is 0 Å². The second-order valence-electron chi connectivity index (χ2n) is 5.81. The van der Waals surface area contributed by atoms with Gasteiger partial charge in [0.2, 0.25) is 0 Å². The van der Waals surface area contributed by atoms with Crippen LogP contribution < -0.4 is 6.15 Å². The molecule has 0 rings (SSSR count). The smallest absolute Gasteiger partial charge is 0.327 e. The molecule has 0 fully saturated rings. The zero-order valence-corrected chi connectivity index (χ0v) is 17.1. The van der Waals surface area contributed by atoms with Gasteiger partial charge in [-0.25, -0.2) is 0 Å². The van der Waals surface area contributed by atoms with E-state index < -0.39 is 33.7 Å². The molecule has 3 N–H and O–H groups in total. The Morgan fingerprint density at radius 2 is 1.42 bits per heavy atom. The fourth-order valence-corrected chi connectivity index (χ4v) is 3.19. The van der Waals surface area contributed by atoms with Crippen molar-refractivity contribution in [3.8, 4) is 0 Å². The quantitative estimate of drug-likeness (QED) is 0.253. The molecule has 0 aliphatic rings. The number of unbranched alkanes of at least 4 members (excludes halogenated alkanes) is 4. The number of hydrogen-bond acceptors (Lipinski definition) is 8. The molecule has 0 aliphatic heterocycles. The van der Waals surface area contributed by atoms with E-state index in [0.717, 1.165) is 25.7 Å². The summed E-state index contributed by atoms with van der Waals surface area (Å²) in [6.07, 6.45) is 5.31. The summed E-state index contributed by atoms with van der Waals surface area (Å²) in [5.74, 6) is -1.71. The summed E-state index contributed by atoms with van der Waals surface area (Å²) in [7, 11) is -4.23. The normalized spacial score (nSPS) is 12.1. The number of ether oxygens (including phenoxy) is 2. The lowest BCUT2D eigenvalue weighted by atomic mass is 10.2. The maximum atomic E-state index is 12.2. The molecule has 0 heterocycles. The van der Waals surface area contributed by atoms with Crippen LogP contribution in [0.5, 0.6) is 0 Å². The van der Waals surface area contributed by atoms with Crippen molar-refractivity contribution in [3.63, 3.8) is 0 Å². The van der Waals surface area contributed by atoms with Crippen molar-refractivity contribution in [2.24, 2.45) is 0 Å². The maximum Gasteiger partial charge on any atom is 0.327 e. The standard InChI is InChI=1S/C17H32O7S.H3N/c1-4-7-8-9-10-13-23-17(19)15(14-16(18)22-11-5-2)25(20,21)24-12-6-3;/h15H,4-14H2,1-3H3;1H3. The summed E-state index contributed by atoms with van der Waals surface area (Å²) in [5.41, 5.74) is 0. The van der Waals surface area contributed by atoms with Crippen LogP contribution in [0, 0.1) is 0 Å². The molecule has 0 aromatic carbocycles. The fourth-order valence-electron chi connectivity index (χ4n) is 1.98. The molecular weight excluding hydrogens is 362 g/mol. The van der Waals surface area contributed by atoms with E-state index in [4.69, 9.17) is 13.7 Å². The van der Waals surface area contributed by atoms with E-state index in [1.807, 2.05) is 6.92 Å². The van der Waals surface area contributed by atoms with Gasteiger partial charge in [-0.2, -0.15) is 8.42 Å². The van der Waals surface area contributed by atoms with Crippen LogP contribution in [-0.2, 0) is 33.4 Å². The van der Waals surface area contributed by atoms with Gasteiger partial charge >= 0.3 is 11.9 Å². The predicted molar refractivity (Wildman–Crippen MR) is 99.6 cm³/mol. The van der Waals surface area contributed by atoms with Gasteiger partial charge < -0.3 is 15.6 Å². The van der Waals surface area contributed by atoms with Crippen LogP contribution in [0.25, 0.3) is 0 Å². The molecule has 0 saturated heterocycles. The molecule has 156 valence electrons. The van der Waals surface area contributed by atoms with Crippen LogP contribution in [-0.4, -0.2) is 45.4 Å². The van der Waals surface area contributed by atoms with Crippen LogP contribution in [0.4, 0.5) is 0 Å². The first-order valence-electron chi connectivity index (χ1n) is 9.09. The maximum absolute atomic E-state index is 12.2. The first-order valence-corrected chi connectivity index (χ1v) is 10.6. The van der Waals surface area contributed by atoms with Crippen molar-refractivity contribution in [2.45, 2.75) is 77.4 Å². The van der Waals surface area contributed by atoms with Gasteiger partial charge in [-0.3, -0.25) is 13.8 Å². The Morgan fingerprint density at radius 1 is 0.808 bits per heavy atom. The molecule has 0 radical (unpaired) electrons. The minimum Gasteiger partial charge on any atom is -0.466 e. The third-order valence-corrected chi connectivity index (χ3v) is 4.93. The Balaban J connectivity index is 0. The lowest BCUT2D eigenvalue weighted by Crippen LogP contribution is -2.36. The van der Waals surface area contributed by atoms with Crippen molar-refractivity contribution in [3.05, 3.63) is 0 Å². The molecule has 9 heteroatoms. The summed E-state index contributed by atoms with van der Waals surface area (Å²) in [6, 6.07) is 0. The monoisotopic (exact) mass is 397 g/mol. The molecule has 0 saturated carbocycles. The van der Waals surface area contributed by atoms with Crippen LogP contribution >= 0.6 is 0 Å². The van der Waals surface area contributed by atoms with E-state index >= 15 is 0 Å². The van der Waals surface area contributed by atoms with Gasteiger partial charge in [0.1, 0.15) is 0 Å². The van der Waals surface area contributed by atoms with E-state index in [-0.39, 0.29) is 26.0 Å². The fraction of sp³-hybridized carbons (Fsp3) is 0.882. The predicted octanol–water partition coefficient (Wildman–Crippen LogP) is 3.13. The average molecular weight is 398 g/mol. The number of carbonyl (C=O) groups excluding carboxylic acids is 2. The summed E-state index contributed by atoms with van der Waals surface area (Å²) >= 11 is 0. The third kappa shape index (κ3) is 12.2. The summed E-state index contributed by atoms with van der Waals surface area (Å²) in [6.45, 7) is 5.92. The van der Waals surface area contributed by atoms with Crippen LogP contribution in [0.1, 0.15) is 72.1 Å². The highest BCUT2D eigenvalue weighted by Crippen LogP contribution is 2.14. The molecular formula is C17H35NO7S. The number of rotatable bonds is 15. The van der Waals surface area contributed by atoms with E-state index in [2.05, 4.69) is 6.92 Å². The SMILES string of the molecule is CCCCCCCOC(=O)C(CC(=O)OCCC)S(=O)(=O)OCCC.N. The van der Waals surface area contributed by atoms with Gasteiger partial charge in [-0.15, -0.1) is 0 Å². The van der Waals surface area contributed by atoms with Crippen LogP contribution in [0.3, 0.4) is 0 Å². The lowest BCUT2D eigenvalue weighted by molar-refractivity contribution is -0.150. The van der Waals surface area contributed by atoms with Gasteiger partial charge in [0.05, 0.1) is 26.2 Å². The number of hydrogen-bond donors (Lipinski definition) is 1. The summed E-state index contributed by atoms with van der Waals surface area (Å²) in [4.78, 5) is 23.9. The zero-order chi connectivity index (χ0) is 19.1. The Labute approximate surface area is 157 Å². The molecule has 8 nitrogen and oxygen atoms in total. The van der Waals surface area contributed by atoms with Crippen LogP contribution in [0.15, 0.2) is 0 Å². The highest BCUT2D eigenvalue weighted by molar-refractivity contribution is 7.88. The van der Waals surface area contributed by atoms with E-state index in [0.29, 0.717) is 19.3 Å². The number of carbonyl (C=O) groups is 2. The highest BCUT2D eigenvalue weighted by Gasteiger charge is 2.37. The van der Waals surface area contributed by atoms with Gasteiger partial charge in [0.25, 0.3) is 10.1 Å². The number of esters is 2. The molecule has 1 unspecified atom stereocenters. The van der Waals surface area contributed by atoms with Crippen molar-refractivity contribution >= 4 is 22.1 Å². The highest BCUT2D eigenvalue weighted by atomic mass is 32.2. The van der Waals surface area contributed by atoms with E-state index in [1.54, 1.807) is 6.92 Å². The molecule has 0 aliphatic carbocycles. The Hall–Kier alpha value is -1.19. The first-order chi connectivity index (χ1) is 11.9. The molecule has 0 amide bonds. The topological polar surface area (TPSA) is 131 Å². The minimum atomic E-state index is -4.23. The Morgan fingerprint density at radius 3 is 2.00 bits per heavy atom. The van der Waals surface area contributed by atoms with E-state index in [9.17, 15) is 18.0 Å². The second kappa shape index (κ2) is 16.0. The summed E-state index contributed by atoms with van der Waals surface area (Å²) in [5, 5.41) is -1.68. The van der Waals surface area contributed by atoms with Gasteiger partial charge in [-0.1, -0.05) is 46.5 Å². The molecule has 0 aromatic rings. The Kier molecular flexibility index (Phi) is 16.7. The lowest BCUT2D eigenvalue weighted by Gasteiger charge is -2.16. The van der Waals surface area contributed by atoms with Crippen molar-refractivity contribution in [2.75, 3.05) is 19.8 Å². The largest absolute Gasteiger partial charge is 0.466 e. The molecule has 0 spiro atoms. The van der Waals surface area contributed by atoms with Gasteiger partial charge in [-0.05, 0) is 19.3 Å². The van der Waals surface area contributed by atoms with Crippen molar-refractivity contribution < 1.29 is 31.7 Å². The second-order valence-corrected chi connectivity index (χ2v) is 7.60. The van der Waals surface area contributed by atoms with Crippen LogP contribution in [0.2, 0.25) is 0 Å². The summed E-state index contributed by atoms with van der Waals surface area (Å²) < 4.78 is 39.1. The molecule has 0 aromatic heterocycles. The van der Waals surface area contributed by atoms with Crippen molar-refractivity contribution in [1.82, 2.24) is 6.15 Å². The first kappa shape index (κ1) is 27.0. The third-order valence-electron chi connectivity index (χ3n) is 3.37. The molecule has 1 atom stereocenters. The van der Waals surface area contributed by atoms with Gasteiger partial charge in [0.15, 0.2) is 5.25 Å². The Bertz CT molecular complexity index is 480. The minimum absolute atomic E-state index is 0. The average Bonchev–Trinajstić information content (AvgIpc) is 2.58. The molecule has 26 heavy (non-hydrogen) atoms. The van der Waals surface area contributed by atoms with E-state index in [1.165, 1.54) is 0 Å². The van der Waals surface area contributed by atoms with Gasteiger partial charge in [0, 0.05) is 0 Å². The molecule has 0 bridgehead atoms.